The minimum Gasteiger partial charge on any atom is -0.0622 e. The highest BCUT2D eigenvalue weighted by Gasteiger charge is 2.25. The van der Waals surface area contributed by atoms with Gasteiger partial charge in [0.25, 0.3) is 0 Å². The molecule has 0 nitrogen and oxygen atoms in total. The van der Waals surface area contributed by atoms with Gasteiger partial charge in [0.2, 0.25) is 0 Å². The Morgan fingerprint density at radius 3 is 1.20 bits per heavy atom. The Kier molecular flexibility index (Phi) is 7.45. The molecule has 0 heterocycles. The molecule has 0 N–H and O–H groups in total. The normalized spacial score (nSPS) is 11.1. The van der Waals surface area contributed by atoms with Gasteiger partial charge in [-0.05, 0) is 78.0 Å². The van der Waals surface area contributed by atoms with Gasteiger partial charge < -0.3 is 0 Å². The zero-order valence-corrected chi connectivity index (χ0v) is 24.2. The summed E-state index contributed by atoms with van der Waals surface area (Å²) in [6.07, 6.45) is 0. The fourth-order valence-electron chi connectivity index (χ4n) is 5.37. The summed E-state index contributed by atoms with van der Waals surface area (Å²) in [5.74, 6) is 0. The zero-order valence-electron chi connectivity index (χ0n) is 23.3. The topological polar surface area (TPSA) is 0 Å². The van der Waals surface area contributed by atoms with Crippen molar-refractivity contribution >= 4 is 23.8 Å². The summed E-state index contributed by atoms with van der Waals surface area (Å²) in [4.78, 5) is 0. The average Bonchev–Trinajstić information content (AvgIpc) is 3.00. The van der Waals surface area contributed by atoms with Crippen LogP contribution in [0.1, 0.15) is 16.7 Å². The van der Waals surface area contributed by atoms with Gasteiger partial charge in [0.05, 0.1) is 0 Å². The first-order chi connectivity index (χ1) is 19.6. The monoisotopic (exact) mass is 532 g/mol. The molecule has 0 saturated carbocycles. The van der Waals surface area contributed by atoms with Crippen molar-refractivity contribution < 1.29 is 0 Å². The van der Waals surface area contributed by atoms with Crippen LogP contribution >= 0.6 is 7.92 Å². The molecule has 40 heavy (non-hydrogen) atoms. The van der Waals surface area contributed by atoms with Crippen molar-refractivity contribution in [1.82, 2.24) is 0 Å². The first-order valence-electron chi connectivity index (χ1n) is 13.9. The Bertz CT molecular complexity index is 1680. The van der Waals surface area contributed by atoms with E-state index in [4.69, 9.17) is 0 Å². The SMILES string of the molecule is Cc1ccc(-c2ccc(P(c3ccccc3)c3ccccc3)c(-c3ccc(C)cc3)c2-c2ccc(C)cc2)cc1. The maximum atomic E-state index is 2.40. The van der Waals surface area contributed by atoms with Crippen molar-refractivity contribution in [3.63, 3.8) is 0 Å². The lowest BCUT2D eigenvalue weighted by Gasteiger charge is -2.26. The molecule has 0 aromatic heterocycles. The molecule has 0 fully saturated rings. The van der Waals surface area contributed by atoms with Crippen molar-refractivity contribution in [1.29, 1.82) is 0 Å². The highest BCUT2D eigenvalue weighted by molar-refractivity contribution is 7.80. The van der Waals surface area contributed by atoms with Crippen molar-refractivity contribution in [2.45, 2.75) is 20.8 Å². The van der Waals surface area contributed by atoms with E-state index in [-0.39, 0.29) is 0 Å². The van der Waals surface area contributed by atoms with E-state index < -0.39 is 7.92 Å². The van der Waals surface area contributed by atoms with Crippen LogP contribution in [0.2, 0.25) is 0 Å². The molecule has 0 bridgehead atoms. The summed E-state index contributed by atoms with van der Waals surface area (Å²) < 4.78 is 0. The molecule has 0 atom stereocenters. The second-order valence-electron chi connectivity index (χ2n) is 10.5. The molecule has 0 radical (unpaired) electrons. The van der Waals surface area contributed by atoms with E-state index in [1.807, 2.05) is 0 Å². The van der Waals surface area contributed by atoms with Crippen LogP contribution in [0.25, 0.3) is 33.4 Å². The lowest BCUT2D eigenvalue weighted by molar-refractivity contribution is 1.45. The van der Waals surface area contributed by atoms with Crippen molar-refractivity contribution in [2.24, 2.45) is 0 Å². The fraction of sp³-hybridized carbons (Fsp3) is 0.0769. The molecule has 194 valence electrons. The molecule has 0 aliphatic carbocycles. The minimum atomic E-state index is -0.797. The number of benzene rings is 6. The molecule has 0 saturated heterocycles. The van der Waals surface area contributed by atoms with Crippen LogP contribution in [-0.4, -0.2) is 0 Å². The summed E-state index contributed by atoms with van der Waals surface area (Å²) in [5, 5.41) is 4.09. The van der Waals surface area contributed by atoms with Gasteiger partial charge in [0.15, 0.2) is 0 Å². The maximum absolute atomic E-state index is 2.40. The third-order valence-electron chi connectivity index (χ3n) is 7.50. The number of rotatable bonds is 6. The molecular weight excluding hydrogens is 499 g/mol. The standard InChI is InChI=1S/C39H33P/c1-28-14-20-31(21-15-28)36-26-27-37(40(34-10-6-4-7-11-34)35-12-8-5-9-13-35)39(33-24-18-30(3)19-25-33)38(36)32-22-16-29(2)17-23-32/h4-27H,1-3H3. The smallest absolute Gasteiger partial charge is 0.00155 e. The van der Waals surface area contributed by atoms with Crippen molar-refractivity contribution in [3.8, 4) is 33.4 Å². The largest absolute Gasteiger partial charge is 0.0622 e. The van der Waals surface area contributed by atoms with Crippen LogP contribution in [0, 0.1) is 20.8 Å². The highest BCUT2D eigenvalue weighted by Crippen LogP contribution is 2.45. The summed E-state index contributed by atoms with van der Waals surface area (Å²) in [6.45, 7) is 6.47. The molecule has 6 aromatic carbocycles. The van der Waals surface area contributed by atoms with E-state index in [1.165, 1.54) is 66.0 Å². The Morgan fingerprint density at radius 1 is 0.350 bits per heavy atom. The Balaban J connectivity index is 1.73. The van der Waals surface area contributed by atoms with E-state index in [2.05, 4.69) is 166 Å². The lowest BCUT2D eigenvalue weighted by Crippen LogP contribution is -2.22. The molecule has 0 aliphatic rings. The summed E-state index contributed by atoms with van der Waals surface area (Å²) in [6, 6.07) is 53.9. The van der Waals surface area contributed by atoms with Crippen molar-refractivity contribution in [3.05, 3.63) is 162 Å². The maximum Gasteiger partial charge on any atom is -0.00155 e. The average molecular weight is 533 g/mol. The number of hydrogen-bond acceptors (Lipinski definition) is 0. The summed E-state index contributed by atoms with van der Waals surface area (Å²) in [7, 11) is -0.797. The molecule has 0 aliphatic heterocycles. The van der Waals surface area contributed by atoms with Gasteiger partial charge in [0, 0.05) is 0 Å². The predicted octanol–water partition coefficient (Wildman–Crippen LogP) is 9.37. The van der Waals surface area contributed by atoms with Crippen LogP contribution in [-0.2, 0) is 0 Å². The van der Waals surface area contributed by atoms with Crippen molar-refractivity contribution in [2.75, 3.05) is 0 Å². The highest BCUT2D eigenvalue weighted by atomic mass is 31.1. The Hall–Kier alpha value is -4.25. The summed E-state index contributed by atoms with van der Waals surface area (Å²) >= 11 is 0. The van der Waals surface area contributed by atoms with Gasteiger partial charge in [-0.25, -0.2) is 0 Å². The third kappa shape index (κ3) is 5.29. The second kappa shape index (κ2) is 11.5. The van der Waals surface area contributed by atoms with E-state index in [0.29, 0.717) is 0 Å². The molecule has 0 unspecified atom stereocenters. The molecule has 1 heteroatoms. The number of aryl methyl sites for hydroxylation is 3. The number of hydrogen-bond donors (Lipinski definition) is 0. The molecule has 6 aromatic rings. The second-order valence-corrected chi connectivity index (χ2v) is 12.7. The van der Waals surface area contributed by atoms with Crippen LogP contribution < -0.4 is 15.9 Å². The van der Waals surface area contributed by atoms with E-state index in [9.17, 15) is 0 Å². The van der Waals surface area contributed by atoms with Crippen LogP contribution in [0.5, 0.6) is 0 Å². The van der Waals surface area contributed by atoms with Gasteiger partial charge in [-0.2, -0.15) is 0 Å². The Labute approximate surface area is 239 Å². The van der Waals surface area contributed by atoms with Gasteiger partial charge in [-0.3, -0.25) is 0 Å². The third-order valence-corrected chi connectivity index (χ3v) is 9.98. The molecule has 0 spiro atoms. The quantitative estimate of drug-likeness (QED) is 0.188. The Morgan fingerprint density at radius 2 is 0.750 bits per heavy atom. The summed E-state index contributed by atoms with van der Waals surface area (Å²) in [5.41, 5.74) is 11.4. The van der Waals surface area contributed by atoms with Gasteiger partial charge in [0.1, 0.15) is 0 Å². The lowest BCUT2D eigenvalue weighted by atomic mass is 9.87. The molecule has 0 amide bonds. The van der Waals surface area contributed by atoms with Gasteiger partial charge in [-0.15, -0.1) is 0 Å². The molecular formula is C39H33P. The van der Waals surface area contributed by atoms with Crippen LogP contribution in [0.4, 0.5) is 0 Å². The first-order valence-corrected chi connectivity index (χ1v) is 15.2. The predicted molar refractivity (Wildman–Crippen MR) is 176 cm³/mol. The first kappa shape index (κ1) is 26.0. The van der Waals surface area contributed by atoms with Crippen LogP contribution in [0.15, 0.2) is 146 Å². The zero-order chi connectivity index (χ0) is 27.5. The minimum absolute atomic E-state index is 0.797. The van der Waals surface area contributed by atoms with E-state index in [1.54, 1.807) is 0 Å². The van der Waals surface area contributed by atoms with E-state index in [0.717, 1.165) is 0 Å². The van der Waals surface area contributed by atoms with Gasteiger partial charge >= 0.3 is 0 Å². The fourth-order valence-corrected chi connectivity index (χ4v) is 7.85. The molecule has 6 rings (SSSR count). The van der Waals surface area contributed by atoms with E-state index >= 15 is 0 Å². The van der Waals surface area contributed by atoms with Gasteiger partial charge in [-0.1, -0.05) is 162 Å². The van der Waals surface area contributed by atoms with Crippen LogP contribution in [0.3, 0.4) is 0 Å².